The molecule has 28 heavy (non-hydrogen) atoms. The monoisotopic (exact) mass is 461 g/mol. The molecule has 0 spiro atoms. The van der Waals surface area contributed by atoms with Gasteiger partial charge in [0.1, 0.15) is 0 Å². The smallest absolute Gasteiger partial charge is 0.258 e. The van der Waals surface area contributed by atoms with Crippen LogP contribution in [-0.4, -0.2) is 17.7 Å². The maximum Gasteiger partial charge on any atom is 0.258 e. The fraction of sp³-hybridized carbons (Fsp3) is 0.318. The summed E-state index contributed by atoms with van der Waals surface area (Å²) in [6.07, 6.45) is 3.72. The van der Waals surface area contributed by atoms with E-state index in [-0.39, 0.29) is 28.1 Å². The van der Waals surface area contributed by atoms with Gasteiger partial charge in [0.25, 0.3) is 5.56 Å². The molecule has 0 bridgehead atoms. The van der Waals surface area contributed by atoms with Gasteiger partial charge >= 0.3 is 0 Å². The number of aryl methyl sites for hydroxylation is 1. The molecule has 148 valence electrons. The van der Waals surface area contributed by atoms with Crippen LogP contribution in [0.25, 0.3) is 10.8 Å². The SMILES string of the molecule is Br.Cc1c(Cl)cccc1C1(Nc2ccc3ccn(C)c(=O)c3c2)CCNCC1. The summed E-state index contributed by atoms with van der Waals surface area (Å²) in [6, 6.07) is 14.1. The molecule has 4 nitrogen and oxygen atoms in total. The molecule has 1 fully saturated rings. The number of hydrogen-bond acceptors (Lipinski definition) is 3. The van der Waals surface area contributed by atoms with Gasteiger partial charge in [0, 0.05) is 29.3 Å². The topological polar surface area (TPSA) is 46.1 Å². The van der Waals surface area contributed by atoms with Crippen molar-refractivity contribution in [1.29, 1.82) is 0 Å². The minimum absolute atomic E-state index is 0. The van der Waals surface area contributed by atoms with Crippen molar-refractivity contribution in [3.8, 4) is 0 Å². The van der Waals surface area contributed by atoms with Gasteiger partial charge in [-0.3, -0.25) is 4.79 Å². The summed E-state index contributed by atoms with van der Waals surface area (Å²) in [5.41, 5.74) is 3.14. The average molecular weight is 463 g/mol. The van der Waals surface area contributed by atoms with Crippen molar-refractivity contribution in [2.45, 2.75) is 25.3 Å². The summed E-state index contributed by atoms with van der Waals surface area (Å²) >= 11 is 6.43. The first-order chi connectivity index (χ1) is 13.0. The summed E-state index contributed by atoms with van der Waals surface area (Å²) < 4.78 is 1.62. The molecule has 2 heterocycles. The number of benzene rings is 2. The molecule has 0 atom stereocenters. The summed E-state index contributed by atoms with van der Waals surface area (Å²) in [6.45, 7) is 3.96. The Morgan fingerprint density at radius 1 is 1.14 bits per heavy atom. The molecule has 0 radical (unpaired) electrons. The minimum atomic E-state index is -0.200. The highest BCUT2D eigenvalue weighted by molar-refractivity contribution is 8.93. The van der Waals surface area contributed by atoms with E-state index in [0.717, 1.165) is 53.0 Å². The van der Waals surface area contributed by atoms with E-state index in [9.17, 15) is 4.79 Å². The fourth-order valence-electron chi connectivity index (χ4n) is 4.13. The Morgan fingerprint density at radius 2 is 1.89 bits per heavy atom. The zero-order valence-corrected chi connectivity index (χ0v) is 18.6. The van der Waals surface area contributed by atoms with E-state index in [0.29, 0.717) is 0 Å². The van der Waals surface area contributed by atoms with Crippen molar-refractivity contribution >= 4 is 45.0 Å². The lowest BCUT2D eigenvalue weighted by molar-refractivity contribution is 0.345. The van der Waals surface area contributed by atoms with Crippen LogP contribution in [0.15, 0.2) is 53.5 Å². The van der Waals surface area contributed by atoms with Gasteiger partial charge in [-0.2, -0.15) is 0 Å². The van der Waals surface area contributed by atoms with Gasteiger partial charge in [-0.05, 0) is 73.6 Å². The Balaban J connectivity index is 0.00000225. The van der Waals surface area contributed by atoms with Crippen molar-refractivity contribution in [2.75, 3.05) is 18.4 Å². The number of aromatic nitrogens is 1. The quantitative estimate of drug-likeness (QED) is 0.589. The van der Waals surface area contributed by atoms with Gasteiger partial charge in [0.05, 0.1) is 5.54 Å². The molecule has 2 N–H and O–H groups in total. The molecule has 1 aliphatic rings. The van der Waals surface area contributed by atoms with E-state index in [1.54, 1.807) is 17.8 Å². The number of rotatable bonds is 3. The van der Waals surface area contributed by atoms with Crippen LogP contribution in [0, 0.1) is 6.92 Å². The molecule has 1 saturated heterocycles. The van der Waals surface area contributed by atoms with Gasteiger partial charge in [-0.1, -0.05) is 29.8 Å². The van der Waals surface area contributed by atoms with Crippen LogP contribution in [0.5, 0.6) is 0 Å². The first-order valence-electron chi connectivity index (χ1n) is 9.34. The van der Waals surface area contributed by atoms with Gasteiger partial charge in [-0.25, -0.2) is 0 Å². The van der Waals surface area contributed by atoms with E-state index in [1.807, 2.05) is 30.3 Å². The van der Waals surface area contributed by atoms with Crippen LogP contribution in [0.3, 0.4) is 0 Å². The van der Waals surface area contributed by atoms with Gasteiger partial charge in [0.2, 0.25) is 0 Å². The maximum atomic E-state index is 12.5. The molecular weight excluding hydrogens is 438 g/mol. The molecule has 1 aliphatic heterocycles. The van der Waals surface area contributed by atoms with Crippen LogP contribution < -0.4 is 16.2 Å². The Labute approximate surface area is 180 Å². The molecule has 0 aliphatic carbocycles. The summed E-state index contributed by atoms with van der Waals surface area (Å²) in [5.74, 6) is 0. The number of piperidine rings is 1. The van der Waals surface area contributed by atoms with Gasteiger partial charge < -0.3 is 15.2 Å². The number of nitrogens with zero attached hydrogens (tertiary/aromatic N) is 1. The van der Waals surface area contributed by atoms with E-state index < -0.39 is 0 Å². The van der Waals surface area contributed by atoms with Crippen molar-refractivity contribution in [2.24, 2.45) is 7.05 Å². The third-order valence-electron chi connectivity index (χ3n) is 5.71. The molecule has 0 amide bonds. The van der Waals surface area contributed by atoms with Crippen molar-refractivity contribution < 1.29 is 0 Å². The summed E-state index contributed by atoms with van der Waals surface area (Å²) in [5, 5.41) is 9.70. The molecular formula is C22H25BrClN3O. The van der Waals surface area contributed by atoms with Crippen molar-refractivity contribution in [1.82, 2.24) is 9.88 Å². The summed E-state index contributed by atoms with van der Waals surface area (Å²) in [4.78, 5) is 12.5. The lowest BCUT2D eigenvalue weighted by atomic mass is 9.79. The first kappa shape index (κ1) is 20.9. The molecule has 3 aromatic rings. The second kappa shape index (κ2) is 8.27. The van der Waals surface area contributed by atoms with Crippen LogP contribution in [0.4, 0.5) is 5.69 Å². The normalized spacial score (nSPS) is 15.8. The largest absolute Gasteiger partial charge is 0.375 e. The fourth-order valence-corrected chi connectivity index (χ4v) is 4.31. The minimum Gasteiger partial charge on any atom is -0.375 e. The van der Waals surface area contributed by atoms with E-state index in [1.165, 1.54) is 5.56 Å². The van der Waals surface area contributed by atoms with Crippen molar-refractivity contribution in [3.63, 3.8) is 0 Å². The highest BCUT2D eigenvalue weighted by Crippen LogP contribution is 2.38. The Kier molecular flexibility index (Phi) is 6.18. The predicted octanol–water partition coefficient (Wildman–Crippen LogP) is 4.77. The molecule has 4 rings (SSSR count). The average Bonchev–Trinajstić information content (AvgIpc) is 2.68. The molecule has 6 heteroatoms. The molecule has 0 saturated carbocycles. The second-order valence-electron chi connectivity index (χ2n) is 7.40. The molecule has 1 aromatic heterocycles. The van der Waals surface area contributed by atoms with Crippen LogP contribution in [-0.2, 0) is 12.6 Å². The second-order valence-corrected chi connectivity index (χ2v) is 7.81. The number of fused-ring (bicyclic) bond motifs is 1. The molecule has 0 unspecified atom stereocenters. The zero-order chi connectivity index (χ0) is 19.0. The zero-order valence-electron chi connectivity index (χ0n) is 16.1. The van der Waals surface area contributed by atoms with Gasteiger partial charge in [0.15, 0.2) is 0 Å². The van der Waals surface area contributed by atoms with E-state index >= 15 is 0 Å². The standard InChI is InChI=1S/C22H24ClN3O.BrH/c1-15-19(4-3-5-20(15)23)22(9-11-24-12-10-22)25-17-7-6-16-8-13-26(2)21(27)18(16)14-17;/h3-8,13-14,24-25H,9-12H2,1-2H3;1H. The lowest BCUT2D eigenvalue weighted by Crippen LogP contribution is -2.45. The Hall–Kier alpha value is -1.82. The third kappa shape index (κ3) is 3.71. The third-order valence-corrected chi connectivity index (χ3v) is 6.12. The number of pyridine rings is 1. The predicted molar refractivity (Wildman–Crippen MR) is 123 cm³/mol. The van der Waals surface area contributed by atoms with Gasteiger partial charge in [-0.15, -0.1) is 17.0 Å². The van der Waals surface area contributed by atoms with Crippen LogP contribution in [0.1, 0.15) is 24.0 Å². The first-order valence-corrected chi connectivity index (χ1v) is 9.72. The van der Waals surface area contributed by atoms with Crippen molar-refractivity contribution in [3.05, 3.63) is 75.2 Å². The van der Waals surface area contributed by atoms with Crippen LogP contribution in [0.2, 0.25) is 5.02 Å². The highest BCUT2D eigenvalue weighted by Gasteiger charge is 2.35. The summed E-state index contributed by atoms with van der Waals surface area (Å²) in [7, 11) is 1.78. The Morgan fingerprint density at radius 3 is 2.64 bits per heavy atom. The number of nitrogens with one attached hydrogen (secondary N) is 2. The highest BCUT2D eigenvalue weighted by atomic mass is 79.9. The maximum absolute atomic E-state index is 12.5. The molecule has 2 aromatic carbocycles. The Bertz CT molecular complexity index is 1060. The lowest BCUT2D eigenvalue weighted by Gasteiger charge is -2.41. The number of halogens is 2. The number of anilines is 1. The van der Waals surface area contributed by atoms with E-state index in [2.05, 4.69) is 29.7 Å². The van der Waals surface area contributed by atoms with E-state index in [4.69, 9.17) is 11.6 Å². The van der Waals surface area contributed by atoms with Crippen LogP contribution >= 0.6 is 28.6 Å². The number of hydrogen-bond donors (Lipinski definition) is 2.